The molecule has 0 radical (unpaired) electrons. The second-order valence-corrected chi connectivity index (χ2v) is 2.90. The predicted molar refractivity (Wildman–Crippen MR) is 53.1 cm³/mol. The van der Waals surface area contributed by atoms with Gasteiger partial charge in [0.1, 0.15) is 0 Å². The summed E-state index contributed by atoms with van der Waals surface area (Å²) in [6.07, 6.45) is 0. The van der Waals surface area contributed by atoms with E-state index < -0.39 is 17.8 Å². The van der Waals surface area contributed by atoms with Crippen LogP contribution in [0.5, 0.6) is 0 Å². The first-order valence-corrected chi connectivity index (χ1v) is 4.30. The minimum absolute atomic E-state index is 0.519. The van der Waals surface area contributed by atoms with E-state index in [0.717, 1.165) is 0 Å². The lowest BCUT2D eigenvalue weighted by atomic mass is 10.2. The Morgan fingerprint density at radius 3 is 2.33 bits per heavy atom. The van der Waals surface area contributed by atoms with Gasteiger partial charge in [-0.05, 0) is 19.1 Å². The lowest BCUT2D eigenvalue weighted by Gasteiger charge is -1.99. The van der Waals surface area contributed by atoms with Crippen molar-refractivity contribution < 1.29 is 14.7 Å². The molecule has 5 nitrogen and oxygen atoms in total. The Morgan fingerprint density at radius 2 is 1.87 bits per heavy atom. The molecule has 1 atom stereocenters. The number of nitrogens with zero attached hydrogens (tertiary/aromatic N) is 2. The third-order valence-electron chi connectivity index (χ3n) is 1.66. The first kappa shape index (κ1) is 11.0. The van der Waals surface area contributed by atoms with E-state index in [-0.39, 0.29) is 0 Å². The first-order valence-electron chi connectivity index (χ1n) is 4.30. The van der Waals surface area contributed by atoms with E-state index in [1.807, 2.05) is 0 Å². The maximum atomic E-state index is 10.9. The molecule has 0 amide bonds. The molecular weight excluding hydrogens is 196 g/mol. The molecule has 5 heteroatoms. The molecule has 1 aromatic rings. The quantitative estimate of drug-likeness (QED) is 0.602. The summed E-state index contributed by atoms with van der Waals surface area (Å²) in [5.41, 5.74) is 0.519. The summed E-state index contributed by atoms with van der Waals surface area (Å²) in [7, 11) is 0. The molecular formula is C10H10N2O3. The van der Waals surface area contributed by atoms with Crippen LogP contribution < -0.4 is 0 Å². The van der Waals surface area contributed by atoms with Crippen LogP contribution in [0.2, 0.25) is 0 Å². The zero-order valence-electron chi connectivity index (χ0n) is 8.12. The summed E-state index contributed by atoms with van der Waals surface area (Å²) < 4.78 is 0. The van der Waals surface area contributed by atoms with Crippen LogP contribution in [0.4, 0.5) is 5.69 Å². The Labute approximate surface area is 86.5 Å². The van der Waals surface area contributed by atoms with Gasteiger partial charge in [-0.25, -0.2) is 4.79 Å². The van der Waals surface area contributed by atoms with Crippen LogP contribution in [0.1, 0.15) is 6.92 Å². The largest absolute Gasteiger partial charge is 0.479 e. The zero-order valence-corrected chi connectivity index (χ0v) is 8.12. The fraction of sp³-hybridized carbons (Fsp3) is 0.200. The monoisotopic (exact) mass is 206 g/mol. The molecule has 0 fully saturated rings. The standard InChI is InChI=1S/C10H10N2O3/c1-7(13)9(10(14)15)12-11-8-5-3-2-4-6-8/h2-6,9H,1H3,(H,14,15). The van der Waals surface area contributed by atoms with Gasteiger partial charge < -0.3 is 5.11 Å². The number of benzene rings is 1. The number of carboxylic acids is 1. The molecule has 78 valence electrons. The summed E-state index contributed by atoms with van der Waals surface area (Å²) in [5.74, 6) is -1.83. The van der Waals surface area contributed by atoms with Crippen molar-refractivity contribution in [2.45, 2.75) is 13.0 Å². The highest BCUT2D eigenvalue weighted by Crippen LogP contribution is 2.11. The van der Waals surface area contributed by atoms with E-state index in [0.29, 0.717) is 5.69 Å². The number of Topliss-reactive ketones (excluding diaryl/α,β-unsaturated/α-hetero) is 1. The van der Waals surface area contributed by atoms with Crippen molar-refractivity contribution in [3.05, 3.63) is 30.3 Å². The number of rotatable bonds is 4. The van der Waals surface area contributed by atoms with Gasteiger partial charge in [0, 0.05) is 0 Å². The maximum Gasteiger partial charge on any atom is 0.338 e. The predicted octanol–water partition coefficient (Wildman–Crippen LogP) is 1.81. The molecule has 0 heterocycles. The van der Waals surface area contributed by atoms with Crippen molar-refractivity contribution in [2.24, 2.45) is 10.2 Å². The highest BCUT2D eigenvalue weighted by molar-refractivity contribution is 6.01. The van der Waals surface area contributed by atoms with Crippen LogP contribution in [-0.2, 0) is 9.59 Å². The van der Waals surface area contributed by atoms with Crippen LogP contribution in [0.15, 0.2) is 40.6 Å². The molecule has 0 saturated carbocycles. The number of aliphatic carboxylic acids is 1. The Morgan fingerprint density at radius 1 is 1.27 bits per heavy atom. The molecule has 0 bridgehead atoms. The topological polar surface area (TPSA) is 79.1 Å². The molecule has 0 aromatic heterocycles. The lowest BCUT2D eigenvalue weighted by Crippen LogP contribution is -2.25. The number of ketones is 1. The molecule has 15 heavy (non-hydrogen) atoms. The van der Waals surface area contributed by atoms with E-state index in [9.17, 15) is 9.59 Å². The fourth-order valence-corrected chi connectivity index (χ4v) is 0.924. The van der Waals surface area contributed by atoms with Gasteiger partial charge in [0.15, 0.2) is 5.78 Å². The maximum absolute atomic E-state index is 10.9. The second kappa shape index (κ2) is 4.99. The van der Waals surface area contributed by atoms with Crippen LogP contribution >= 0.6 is 0 Å². The summed E-state index contributed by atoms with van der Waals surface area (Å²) >= 11 is 0. The highest BCUT2D eigenvalue weighted by atomic mass is 16.4. The number of carbonyl (C=O) groups excluding carboxylic acids is 1. The zero-order chi connectivity index (χ0) is 11.3. The molecule has 0 spiro atoms. The Kier molecular flexibility index (Phi) is 3.68. The van der Waals surface area contributed by atoms with Gasteiger partial charge in [-0.2, -0.15) is 10.2 Å². The molecule has 0 aliphatic rings. The molecule has 1 rings (SSSR count). The van der Waals surface area contributed by atoms with Gasteiger partial charge in [0.2, 0.25) is 6.04 Å². The van der Waals surface area contributed by atoms with E-state index in [1.165, 1.54) is 6.92 Å². The van der Waals surface area contributed by atoms with Gasteiger partial charge in [-0.3, -0.25) is 4.79 Å². The highest BCUT2D eigenvalue weighted by Gasteiger charge is 2.21. The van der Waals surface area contributed by atoms with Crippen molar-refractivity contribution in [3.63, 3.8) is 0 Å². The summed E-state index contributed by atoms with van der Waals surface area (Å²) in [6, 6.07) is 7.23. The average molecular weight is 206 g/mol. The van der Waals surface area contributed by atoms with E-state index in [4.69, 9.17) is 5.11 Å². The van der Waals surface area contributed by atoms with Gasteiger partial charge in [0.05, 0.1) is 5.69 Å². The first-order chi connectivity index (χ1) is 7.11. The number of hydrogen-bond acceptors (Lipinski definition) is 4. The minimum atomic E-state index is -1.41. The van der Waals surface area contributed by atoms with Crippen molar-refractivity contribution in [2.75, 3.05) is 0 Å². The number of carbonyl (C=O) groups is 2. The third kappa shape index (κ3) is 3.30. The molecule has 0 saturated heterocycles. The average Bonchev–Trinajstić information content (AvgIpc) is 2.18. The molecule has 1 unspecified atom stereocenters. The smallest absolute Gasteiger partial charge is 0.338 e. The number of carboxylic acid groups (broad SMARTS) is 1. The second-order valence-electron chi connectivity index (χ2n) is 2.90. The summed E-state index contributed by atoms with van der Waals surface area (Å²) in [4.78, 5) is 21.5. The number of azo groups is 1. The summed E-state index contributed by atoms with van der Waals surface area (Å²) in [6.45, 7) is 1.17. The third-order valence-corrected chi connectivity index (χ3v) is 1.66. The Hall–Kier alpha value is -2.04. The SMILES string of the molecule is CC(=O)C(N=Nc1ccccc1)C(=O)O. The van der Waals surface area contributed by atoms with Crippen LogP contribution in [0.3, 0.4) is 0 Å². The van der Waals surface area contributed by atoms with Crippen molar-refractivity contribution in [1.82, 2.24) is 0 Å². The van der Waals surface area contributed by atoms with Gasteiger partial charge >= 0.3 is 5.97 Å². The summed E-state index contributed by atoms with van der Waals surface area (Å²) in [5, 5.41) is 15.8. The number of hydrogen-bond donors (Lipinski definition) is 1. The van der Waals surface area contributed by atoms with Crippen LogP contribution in [-0.4, -0.2) is 22.9 Å². The minimum Gasteiger partial charge on any atom is -0.479 e. The van der Waals surface area contributed by atoms with Crippen molar-refractivity contribution >= 4 is 17.4 Å². The van der Waals surface area contributed by atoms with E-state index in [2.05, 4.69) is 10.2 Å². The van der Waals surface area contributed by atoms with Crippen molar-refractivity contribution in [3.8, 4) is 0 Å². The molecule has 0 aliphatic heterocycles. The Bertz CT molecular complexity index is 373. The van der Waals surface area contributed by atoms with E-state index in [1.54, 1.807) is 30.3 Å². The van der Waals surface area contributed by atoms with Crippen molar-refractivity contribution in [1.29, 1.82) is 0 Å². The van der Waals surface area contributed by atoms with E-state index >= 15 is 0 Å². The fourth-order valence-electron chi connectivity index (χ4n) is 0.924. The lowest BCUT2D eigenvalue weighted by molar-refractivity contribution is -0.141. The molecule has 0 aliphatic carbocycles. The Balaban J connectivity index is 2.79. The van der Waals surface area contributed by atoms with Gasteiger partial charge in [-0.15, -0.1) is 0 Å². The van der Waals surface area contributed by atoms with Crippen LogP contribution in [0.25, 0.3) is 0 Å². The normalized spacial score (nSPS) is 12.6. The molecule has 1 N–H and O–H groups in total. The van der Waals surface area contributed by atoms with Gasteiger partial charge in [-0.1, -0.05) is 18.2 Å². The molecule has 1 aromatic carbocycles. The van der Waals surface area contributed by atoms with Crippen LogP contribution in [0, 0.1) is 0 Å². The van der Waals surface area contributed by atoms with Gasteiger partial charge in [0.25, 0.3) is 0 Å².